The fraction of sp³-hybridized carbons (Fsp3) is 0.217. The number of para-hydroxylation sites is 2. The summed E-state index contributed by atoms with van der Waals surface area (Å²) < 4.78 is 0. The van der Waals surface area contributed by atoms with Gasteiger partial charge in [-0.15, -0.1) is 11.3 Å². The number of hydrogen-bond donors (Lipinski definition) is 2. The Balaban J connectivity index is 1.73. The predicted octanol–water partition coefficient (Wildman–Crippen LogP) is 6.27. The smallest absolute Gasteiger partial charge is 0.251 e. The molecule has 2 aromatic heterocycles. The molecule has 0 fully saturated rings. The highest BCUT2D eigenvalue weighted by Crippen LogP contribution is 2.35. The second-order valence-corrected chi connectivity index (χ2v) is 9.52. The molecule has 2 aromatic carbocycles. The lowest BCUT2D eigenvalue weighted by Gasteiger charge is -2.17. The molecule has 4 rings (SSSR count). The molecule has 0 spiro atoms. The average Bonchev–Trinajstić information content (AvgIpc) is 3.07. The van der Waals surface area contributed by atoms with Crippen molar-refractivity contribution < 1.29 is 0 Å². The fourth-order valence-electron chi connectivity index (χ4n) is 3.29. The van der Waals surface area contributed by atoms with Crippen LogP contribution in [0.4, 0.5) is 10.8 Å². The van der Waals surface area contributed by atoms with Crippen LogP contribution in [-0.4, -0.2) is 9.97 Å². The summed E-state index contributed by atoms with van der Waals surface area (Å²) in [5.74, 6) is 0. The van der Waals surface area contributed by atoms with Gasteiger partial charge < -0.3 is 10.3 Å². The van der Waals surface area contributed by atoms with E-state index in [1.165, 1.54) is 0 Å². The van der Waals surface area contributed by atoms with E-state index >= 15 is 0 Å². The Morgan fingerprint density at radius 1 is 1.10 bits per heavy atom. The van der Waals surface area contributed by atoms with Crippen molar-refractivity contribution in [2.75, 3.05) is 5.32 Å². The summed E-state index contributed by atoms with van der Waals surface area (Å²) in [5.41, 5.74) is 3.20. The summed E-state index contributed by atoms with van der Waals surface area (Å²) in [6.45, 7) is 6.40. The second-order valence-electron chi connectivity index (χ2n) is 8.03. The average molecular weight is 424 g/mol. The molecule has 0 aliphatic carbocycles. The first-order chi connectivity index (χ1) is 13.8. The van der Waals surface area contributed by atoms with Crippen molar-refractivity contribution in [2.45, 2.75) is 32.6 Å². The number of rotatable bonds is 4. The predicted molar refractivity (Wildman–Crippen MR) is 123 cm³/mol. The van der Waals surface area contributed by atoms with Crippen molar-refractivity contribution in [2.24, 2.45) is 0 Å². The molecular formula is C23H22ClN3OS. The van der Waals surface area contributed by atoms with E-state index in [0.717, 1.165) is 37.9 Å². The SMILES string of the molecule is CC(C)(C)c1nc(Nc2ccccc2Cl)sc1Cc1cc2ccccc2[nH]c1=O. The number of aromatic nitrogens is 2. The van der Waals surface area contributed by atoms with Crippen LogP contribution < -0.4 is 10.9 Å². The topological polar surface area (TPSA) is 57.8 Å². The fourth-order valence-corrected chi connectivity index (χ4v) is 4.68. The maximum absolute atomic E-state index is 12.6. The highest BCUT2D eigenvalue weighted by molar-refractivity contribution is 7.15. The van der Waals surface area contributed by atoms with Crippen molar-refractivity contribution in [3.05, 3.63) is 86.1 Å². The van der Waals surface area contributed by atoms with E-state index in [-0.39, 0.29) is 11.0 Å². The van der Waals surface area contributed by atoms with Gasteiger partial charge in [0.05, 0.1) is 16.4 Å². The molecule has 0 saturated carbocycles. The van der Waals surface area contributed by atoms with Crippen LogP contribution in [0, 0.1) is 0 Å². The first kappa shape index (κ1) is 19.7. The maximum atomic E-state index is 12.6. The molecule has 6 heteroatoms. The van der Waals surface area contributed by atoms with Crippen LogP contribution in [0.1, 0.15) is 36.9 Å². The standard InChI is InChI=1S/C23H22ClN3OS/c1-23(2,3)20-19(29-22(27-20)26-18-11-7-5-9-16(18)24)13-15-12-14-8-4-6-10-17(14)25-21(15)28/h4-12H,13H2,1-3H3,(H,25,28)(H,26,27). The molecule has 0 aliphatic rings. The number of aromatic amines is 1. The Morgan fingerprint density at radius 3 is 2.59 bits per heavy atom. The molecule has 4 nitrogen and oxygen atoms in total. The van der Waals surface area contributed by atoms with Gasteiger partial charge in [-0.05, 0) is 29.7 Å². The number of benzene rings is 2. The van der Waals surface area contributed by atoms with Crippen LogP contribution in [0.5, 0.6) is 0 Å². The Bertz CT molecular complexity index is 1240. The monoisotopic (exact) mass is 423 g/mol. The van der Waals surface area contributed by atoms with Crippen molar-refractivity contribution in [1.82, 2.24) is 9.97 Å². The lowest BCUT2D eigenvalue weighted by molar-refractivity contribution is 0.568. The molecule has 0 amide bonds. The third-order valence-corrected chi connectivity index (χ3v) is 6.00. The van der Waals surface area contributed by atoms with Crippen molar-refractivity contribution in [3.8, 4) is 0 Å². The summed E-state index contributed by atoms with van der Waals surface area (Å²) >= 11 is 7.85. The van der Waals surface area contributed by atoms with Gasteiger partial charge >= 0.3 is 0 Å². The Hall–Kier alpha value is -2.63. The Kier molecular flexibility index (Phi) is 5.19. The minimum atomic E-state index is -0.143. The quantitative estimate of drug-likeness (QED) is 0.406. The summed E-state index contributed by atoms with van der Waals surface area (Å²) in [4.78, 5) is 21.5. The number of nitrogens with one attached hydrogen (secondary N) is 2. The van der Waals surface area contributed by atoms with Crippen LogP contribution in [0.25, 0.3) is 10.9 Å². The molecule has 2 heterocycles. The van der Waals surface area contributed by atoms with Gasteiger partial charge in [-0.25, -0.2) is 4.98 Å². The lowest BCUT2D eigenvalue weighted by Crippen LogP contribution is -2.17. The molecule has 0 saturated heterocycles. The van der Waals surface area contributed by atoms with E-state index in [9.17, 15) is 4.79 Å². The molecule has 2 N–H and O–H groups in total. The Morgan fingerprint density at radius 2 is 1.83 bits per heavy atom. The minimum absolute atomic E-state index is 0.0578. The molecule has 148 valence electrons. The number of thiazole rings is 1. The van der Waals surface area contributed by atoms with Gasteiger partial charge in [0.25, 0.3) is 5.56 Å². The van der Waals surface area contributed by atoms with Gasteiger partial charge in [0.1, 0.15) is 0 Å². The van der Waals surface area contributed by atoms with E-state index in [1.807, 2.05) is 54.6 Å². The minimum Gasteiger partial charge on any atom is -0.330 e. The van der Waals surface area contributed by atoms with Gasteiger partial charge in [0, 0.05) is 27.8 Å². The van der Waals surface area contributed by atoms with Gasteiger partial charge in [-0.1, -0.05) is 62.7 Å². The molecule has 0 aliphatic heterocycles. The van der Waals surface area contributed by atoms with Crippen LogP contribution in [-0.2, 0) is 11.8 Å². The lowest BCUT2D eigenvalue weighted by atomic mass is 9.90. The van der Waals surface area contributed by atoms with Crippen LogP contribution in [0.15, 0.2) is 59.4 Å². The molecule has 29 heavy (non-hydrogen) atoms. The number of anilines is 2. The number of halogens is 1. The van der Waals surface area contributed by atoms with E-state index in [2.05, 4.69) is 31.1 Å². The zero-order valence-corrected chi connectivity index (χ0v) is 18.1. The number of nitrogens with zero attached hydrogens (tertiary/aromatic N) is 1. The summed E-state index contributed by atoms with van der Waals surface area (Å²) in [6.07, 6.45) is 0.536. The highest BCUT2D eigenvalue weighted by atomic mass is 35.5. The van der Waals surface area contributed by atoms with Gasteiger partial charge in [0.2, 0.25) is 0 Å². The largest absolute Gasteiger partial charge is 0.330 e. The van der Waals surface area contributed by atoms with Crippen molar-refractivity contribution >= 4 is 44.7 Å². The van der Waals surface area contributed by atoms with Gasteiger partial charge in [0.15, 0.2) is 5.13 Å². The zero-order chi connectivity index (χ0) is 20.6. The van der Waals surface area contributed by atoms with E-state index in [1.54, 1.807) is 11.3 Å². The van der Waals surface area contributed by atoms with Gasteiger partial charge in [-0.3, -0.25) is 4.79 Å². The maximum Gasteiger partial charge on any atom is 0.251 e. The number of fused-ring (bicyclic) bond motifs is 1. The molecule has 0 unspecified atom stereocenters. The first-order valence-electron chi connectivity index (χ1n) is 9.44. The normalized spacial score (nSPS) is 11.7. The number of hydrogen-bond acceptors (Lipinski definition) is 4. The number of H-pyrrole nitrogens is 1. The molecule has 4 aromatic rings. The van der Waals surface area contributed by atoms with Crippen LogP contribution in [0.2, 0.25) is 5.02 Å². The van der Waals surface area contributed by atoms with Crippen LogP contribution in [0.3, 0.4) is 0 Å². The molecule has 0 bridgehead atoms. The number of pyridine rings is 1. The third kappa shape index (κ3) is 4.21. The van der Waals surface area contributed by atoms with Crippen LogP contribution >= 0.6 is 22.9 Å². The summed E-state index contributed by atoms with van der Waals surface area (Å²) in [7, 11) is 0. The molecule has 0 atom stereocenters. The highest BCUT2D eigenvalue weighted by Gasteiger charge is 2.24. The van der Waals surface area contributed by atoms with E-state index in [4.69, 9.17) is 16.6 Å². The molecule has 0 radical (unpaired) electrons. The van der Waals surface area contributed by atoms with E-state index in [0.29, 0.717) is 11.4 Å². The first-order valence-corrected chi connectivity index (χ1v) is 10.6. The van der Waals surface area contributed by atoms with Crippen molar-refractivity contribution in [3.63, 3.8) is 0 Å². The van der Waals surface area contributed by atoms with Gasteiger partial charge in [-0.2, -0.15) is 0 Å². The third-order valence-electron chi connectivity index (χ3n) is 4.70. The summed E-state index contributed by atoms with van der Waals surface area (Å²) in [5, 5.41) is 5.77. The summed E-state index contributed by atoms with van der Waals surface area (Å²) in [6, 6.07) is 17.4. The zero-order valence-electron chi connectivity index (χ0n) is 16.5. The molecular weight excluding hydrogens is 402 g/mol. The Labute approximate surface area is 178 Å². The van der Waals surface area contributed by atoms with E-state index < -0.39 is 0 Å². The van der Waals surface area contributed by atoms with Crippen molar-refractivity contribution in [1.29, 1.82) is 0 Å². The second kappa shape index (κ2) is 7.65.